The molecule has 0 aliphatic rings. The zero-order valence-electron chi connectivity index (χ0n) is 20.4. The van der Waals surface area contributed by atoms with Crippen molar-refractivity contribution in [3.05, 3.63) is 90.5 Å². The Kier molecular flexibility index (Phi) is 6.86. The second-order valence-electron chi connectivity index (χ2n) is 8.24. The van der Waals surface area contributed by atoms with Gasteiger partial charge in [0.1, 0.15) is 28.8 Å². The van der Waals surface area contributed by atoms with E-state index in [2.05, 4.69) is 25.1 Å². The van der Waals surface area contributed by atoms with Crippen molar-refractivity contribution in [3.8, 4) is 34.0 Å². The maximum Gasteiger partial charge on any atom is 0.491 e. The van der Waals surface area contributed by atoms with Crippen molar-refractivity contribution in [1.82, 2.24) is 19.6 Å². The number of halogens is 4. The topological polar surface area (TPSA) is 108 Å². The summed E-state index contributed by atoms with van der Waals surface area (Å²) >= 11 is 0. The SMILES string of the molecule is COc1ccc(C(=O)Nc2cc(-c3c(-c4ccc(F)cc4)nc4cccnn34)ccn2)c(OC(=O)C(F)(F)F)c1. The van der Waals surface area contributed by atoms with Crippen LogP contribution in [0.1, 0.15) is 10.4 Å². The van der Waals surface area contributed by atoms with Gasteiger partial charge in [0, 0.05) is 29.6 Å². The van der Waals surface area contributed by atoms with E-state index in [-0.39, 0.29) is 17.1 Å². The molecule has 5 aromatic rings. The molecule has 2 aromatic carbocycles. The van der Waals surface area contributed by atoms with E-state index in [1.165, 1.54) is 37.6 Å². The van der Waals surface area contributed by atoms with Gasteiger partial charge in [-0.3, -0.25) is 4.79 Å². The third kappa shape index (κ3) is 5.29. The molecule has 202 valence electrons. The number of carbonyl (C=O) groups excluding carboxylic acids is 2. The Labute approximate surface area is 223 Å². The Morgan fingerprint density at radius 3 is 2.45 bits per heavy atom. The number of nitrogens with one attached hydrogen (secondary N) is 1. The van der Waals surface area contributed by atoms with Gasteiger partial charge in [-0.25, -0.2) is 23.7 Å². The van der Waals surface area contributed by atoms with Crippen LogP contribution in [0.3, 0.4) is 0 Å². The summed E-state index contributed by atoms with van der Waals surface area (Å²) in [4.78, 5) is 33.3. The highest BCUT2D eigenvalue weighted by atomic mass is 19.4. The largest absolute Gasteiger partial charge is 0.497 e. The number of benzene rings is 2. The summed E-state index contributed by atoms with van der Waals surface area (Å²) in [5, 5.41) is 6.86. The summed E-state index contributed by atoms with van der Waals surface area (Å²) in [6.07, 6.45) is -2.32. The zero-order chi connectivity index (χ0) is 28.4. The Balaban J connectivity index is 1.51. The van der Waals surface area contributed by atoms with Gasteiger partial charge in [0.05, 0.1) is 18.4 Å². The van der Waals surface area contributed by atoms with E-state index >= 15 is 0 Å². The predicted molar refractivity (Wildman–Crippen MR) is 134 cm³/mol. The minimum atomic E-state index is -5.28. The molecule has 13 heteroatoms. The number of hydrogen-bond donors (Lipinski definition) is 1. The van der Waals surface area contributed by atoms with Gasteiger partial charge in [-0.2, -0.15) is 18.3 Å². The van der Waals surface area contributed by atoms with Crippen molar-refractivity contribution in [1.29, 1.82) is 0 Å². The van der Waals surface area contributed by atoms with Crippen molar-refractivity contribution in [2.24, 2.45) is 0 Å². The number of ether oxygens (including phenoxy) is 2. The number of aromatic nitrogens is 4. The third-order valence-electron chi connectivity index (χ3n) is 5.65. The first-order chi connectivity index (χ1) is 19.1. The van der Waals surface area contributed by atoms with Crippen LogP contribution in [0.4, 0.5) is 23.4 Å². The van der Waals surface area contributed by atoms with Gasteiger partial charge < -0.3 is 14.8 Å². The third-order valence-corrected chi connectivity index (χ3v) is 5.65. The summed E-state index contributed by atoms with van der Waals surface area (Å²) in [6.45, 7) is 0. The molecule has 0 fully saturated rings. The lowest BCUT2D eigenvalue weighted by Crippen LogP contribution is -2.29. The van der Waals surface area contributed by atoms with Crippen molar-refractivity contribution in [2.75, 3.05) is 12.4 Å². The fraction of sp³-hybridized carbons (Fsp3) is 0.0741. The molecule has 0 spiro atoms. The first-order valence-corrected chi connectivity index (χ1v) is 11.5. The molecule has 1 amide bonds. The molecule has 0 radical (unpaired) electrons. The van der Waals surface area contributed by atoms with Crippen LogP contribution < -0.4 is 14.8 Å². The van der Waals surface area contributed by atoms with Gasteiger partial charge in [-0.1, -0.05) is 0 Å². The molecule has 1 N–H and O–H groups in total. The van der Waals surface area contributed by atoms with Crippen molar-refractivity contribution >= 4 is 23.3 Å². The lowest BCUT2D eigenvalue weighted by atomic mass is 10.1. The fourth-order valence-corrected chi connectivity index (χ4v) is 3.85. The van der Waals surface area contributed by atoms with Gasteiger partial charge >= 0.3 is 12.1 Å². The van der Waals surface area contributed by atoms with Crippen LogP contribution in [-0.4, -0.2) is 44.7 Å². The van der Waals surface area contributed by atoms with Gasteiger partial charge in [0.2, 0.25) is 0 Å². The summed E-state index contributed by atoms with van der Waals surface area (Å²) in [6, 6.07) is 15.8. The van der Waals surface area contributed by atoms with Gasteiger partial charge in [-0.05, 0) is 60.7 Å². The molecule has 0 unspecified atom stereocenters. The minimum Gasteiger partial charge on any atom is -0.497 e. The highest BCUT2D eigenvalue weighted by Crippen LogP contribution is 2.33. The number of esters is 1. The molecule has 0 saturated heterocycles. The second-order valence-corrected chi connectivity index (χ2v) is 8.24. The number of hydrogen-bond acceptors (Lipinski definition) is 7. The molecule has 0 aliphatic carbocycles. The Bertz CT molecular complexity index is 1740. The first-order valence-electron chi connectivity index (χ1n) is 11.5. The molecule has 0 bridgehead atoms. The van der Waals surface area contributed by atoms with Crippen LogP contribution in [-0.2, 0) is 4.79 Å². The normalized spacial score (nSPS) is 11.3. The van der Waals surface area contributed by atoms with E-state index in [1.807, 2.05) is 0 Å². The average Bonchev–Trinajstić information content (AvgIpc) is 3.32. The van der Waals surface area contributed by atoms with Crippen LogP contribution in [0.25, 0.3) is 28.2 Å². The van der Waals surface area contributed by atoms with Gasteiger partial charge in [0.25, 0.3) is 5.91 Å². The fourth-order valence-electron chi connectivity index (χ4n) is 3.85. The lowest BCUT2D eigenvalue weighted by molar-refractivity contribution is -0.189. The Hall–Kier alpha value is -5.33. The number of alkyl halides is 3. The average molecular weight is 551 g/mol. The molecule has 3 aromatic heterocycles. The summed E-state index contributed by atoms with van der Waals surface area (Å²) in [5.41, 5.74) is 2.28. The summed E-state index contributed by atoms with van der Waals surface area (Å²) in [5.74, 6) is -4.37. The predicted octanol–water partition coefficient (Wildman–Crippen LogP) is 5.33. The number of nitrogens with zero attached hydrogens (tertiary/aromatic N) is 4. The number of pyridine rings is 1. The van der Waals surface area contributed by atoms with Crippen LogP contribution in [0.2, 0.25) is 0 Å². The van der Waals surface area contributed by atoms with Crippen LogP contribution >= 0.6 is 0 Å². The van der Waals surface area contributed by atoms with E-state index < -0.39 is 29.6 Å². The molecule has 3 heterocycles. The number of methoxy groups -OCH3 is 1. The van der Waals surface area contributed by atoms with E-state index in [0.717, 1.165) is 12.1 Å². The maximum absolute atomic E-state index is 13.6. The number of carbonyl (C=O) groups is 2. The Morgan fingerprint density at radius 1 is 0.950 bits per heavy atom. The molecular weight excluding hydrogens is 534 g/mol. The lowest BCUT2D eigenvalue weighted by Gasteiger charge is -2.13. The second kappa shape index (κ2) is 10.4. The van der Waals surface area contributed by atoms with Crippen LogP contribution in [0, 0.1) is 5.82 Å². The smallest absolute Gasteiger partial charge is 0.491 e. The molecular formula is C27H17F4N5O4. The number of fused-ring (bicyclic) bond motifs is 1. The monoisotopic (exact) mass is 551 g/mol. The van der Waals surface area contributed by atoms with Gasteiger partial charge in [0.15, 0.2) is 5.65 Å². The Morgan fingerprint density at radius 2 is 1.73 bits per heavy atom. The molecule has 0 atom stereocenters. The zero-order valence-corrected chi connectivity index (χ0v) is 20.4. The molecule has 5 rings (SSSR count). The van der Waals surface area contributed by atoms with Crippen molar-refractivity contribution < 1.29 is 36.6 Å². The maximum atomic E-state index is 13.6. The standard InChI is InChI=1S/C27H17F4N5O4/c1-39-18-8-9-19(20(14-18)40-26(38)27(29,30)31)25(37)34-21-13-16(10-12-32-21)24-23(15-4-6-17(28)7-5-15)35-22-3-2-11-33-36(22)24/h2-14H,1H3,(H,32,34,37). The number of rotatable bonds is 6. The minimum absolute atomic E-state index is 0.0300. The molecule has 40 heavy (non-hydrogen) atoms. The molecule has 9 nitrogen and oxygen atoms in total. The van der Waals surface area contributed by atoms with Crippen molar-refractivity contribution in [3.63, 3.8) is 0 Å². The number of anilines is 1. The quantitative estimate of drug-likeness (QED) is 0.173. The van der Waals surface area contributed by atoms with E-state index in [0.29, 0.717) is 28.2 Å². The van der Waals surface area contributed by atoms with Gasteiger partial charge in [-0.15, -0.1) is 0 Å². The highest BCUT2D eigenvalue weighted by Gasteiger charge is 2.42. The molecule has 0 saturated carbocycles. The van der Waals surface area contributed by atoms with E-state index in [1.54, 1.807) is 41.0 Å². The van der Waals surface area contributed by atoms with E-state index in [4.69, 9.17) is 4.74 Å². The highest BCUT2D eigenvalue weighted by molar-refractivity contribution is 6.06. The summed E-state index contributed by atoms with van der Waals surface area (Å²) in [7, 11) is 1.26. The van der Waals surface area contributed by atoms with E-state index in [9.17, 15) is 27.2 Å². The summed E-state index contributed by atoms with van der Waals surface area (Å²) < 4.78 is 63.0. The first kappa shape index (κ1) is 26.3. The number of amides is 1. The van der Waals surface area contributed by atoms with Crippen molar-refractivity contribution in [2.45, 2.75) is 6.18 Å². The number of imidazole rings is 1. The van der Waals surface area contributed by atoms with Crippen LogP contribution in [0.15, 0.2) is 79.1 Å². The molecule has 0 aliphatic heterocycles. The van der Waals surface area contributed by atoms with Crippen LogP contribution in [0.5, 0.6) is 11.5 Å².